The molecule has 2 aromatic carbocycles. The maximum Gasteiger partial charge on any atom is 0.227 e. The number of nitrogens with one attached hydrogen (secondary N) is 1. The van der Waals surface area contributed by atoms with Crippen molar-refractivity contribution in [2.75, 3.05) is 29.6 Å². The number of benzene rings is 2. The van der Waals surface area contributed by atoms with Gasteiger partial charge in [-0.3, -0.25) is 9.59 Å². The predicted molar refractivity (Wildman–Crippen MR) is 124 cm³/mol. The van der Waals surface area contributed by atoms with Gasteiger partial charge in [0.1, 0.15) is 10.8 Å². The van der Waals surface area contributed by atoms with Crippen LogP contribution in [-0.4, -0.2) is 49.8 Å². The van der Waals surface area contributed by atoms with Crippen LogP contribution in [0.25, 0.3) is 0 Å². The van der Waals surface area contributed by atoms with Crippen molar-refractivity contribution < 1.29 is 22.7 Å². The maximum atomic E-state index is 12.5. The minimum absolute atomic E-state index is 0.0166. The van der Waals surface area contributed by atoms with Gasteiger partial charge in [-0.15, -0.1) is 10.2 Å². The molecule has 1 N–H and O–H groups in total. The number of carbonyl (C=O) groups is 2. The lowest BCUT2D eigenvalue weighted by Gasteiger charge is -2.16. The van der Waals surface area contributed by atoms with E-state index < -0.39 is 15.7 Å². The first-order valence-corrected chi connectivity index (χ1v) is 12.7. The molecule has 2 amide bonds. The average molecular weight is 487 g/mol. The number of nitrogens with zero attached hydrogens (tertiary/aromatic N) is 3. The van der Waals surface area contributed by atoms with Crippen molar-refractivity contribution >= 4 is 43.8 Å². The van der Waals surface area contributed by atoms with Gasteiger partial charge in [-0.25, -0.2) is 8.42 Å². The summed E-state index contributed by atoms with van der Waals surface area (Å²) in [6.45, 7) is 0.461. The van der Waals surface area contributed by atoms with Gasteiger partial charge in [0.15, 0.2) is 9.84 Å². The van der Waals surface area contributed by atoms with Gasteiger partial charge >= 0.3 is 0 Å². The van der Waals surface area contributed by atoms with Crippen LogP contribution in [0, 0.1) is 0 Å². The van der Waals surface area contributed by atoms with Crippen LogP contribution in [0.5, 0.6) is 5.75 Å². The number of hydrogen-bond donors (Lipinski definition) is 1. The van der Waals surface area contributed by atoms with Crippen molar-refractivity contribution in [3.8, 4) is 5.75 Å². The number of methoxy groups -OCH3 is 1. The van der Waals surface area contributed by atoms with Gasteiger partial charge in [-0.2, -0.15) is 0 Å². The van der Waals surface area contributed by atoms with E-state index >= 15 is 0 Å². The van der Waals surface area contributed by atoms with Crippen molar-refractivity contribution in [3.05, 3.63) is 59.6 Å². The second-order valence-corrected chi connectivity index (χ2v) is 10.6. The minimum Gasteiger partial charge on any atom is -0.497 e. The average Bonchev–Trinajstić information content (AvgIpc) is 3.45. The molecule has 0 aliphatic carbocycles. The Labute approximate surface area is 195 Å². The minimum atomic E-state index is -3.54. The Bertz CT molecular complexity index is 1240. The van der Waals surface area contributed by atoms with Crippen LogP contribution in [0.3, 0.4) is 0 Å². The van der Waals surface area contributed by atoms with Gasteiger partial charge in [0.2, 0.25) is 16.9 Å². The molecule has 1 fully saturated rings. The van der Waals surface area contributed by atoms with Crippen molar-refractivity contribution in [1.29, 1.82) is 0 Å². The largest absolute Gasteiger partial charge is 0.497 e. The van der Waals surface area contributed by atoms with E-state index in [9.17, 15) is 18.0 Å². The third-order valence-electron chi connectivity index (χ3n) is 5.25. The first-order valence-electron chi connectivity index (χ1n) is 10.2. The first kappa shape index (κ1) is 22.9. The number of aromatic nitrogens is 2. The molecule has 33 heavy (non-hydrogen) atoms. The van der Waals surface area contributed by atoms with Gasteiger partial charge < -0.3 is 15.0 Å². The van der Waals surface area contributed by atoms with Crippen molar-refractivity contribution in [2.24, 2.45) is 0 Å². The summed E-state index contributed by atoms with van der Waals surface area (Å²) < 4.78 is 29.8. The zero-order chi connectivity index (χ0) is 23.4. The van der Waals surface area contributed by atoms with Crippen LogP contribution in [0.1, 0.15) is 23.8 Å². The standard InChI is InChI=1S/C22H22N4O5S2/c1-31-17-9-7-16(8-10-17)26-14-15(13-20(26)28)21-24-25-22(32-21)23-19(27)11-12-33(29,30)18-5-3-2-4-6-18/h2-10,15H,11-14H2,1H3,(H,23,25,27). The van der Waals surface area contributed by atoms with Gasteiger partial charge in [-0.1, -0.05) is 29.5 Å². The Balaban J connectivity index is 1.34. The molecule has 1 saturated heterocycles. The number of amides is 2. The molecular formula is C22H22N4O5S2. The summed E-state index contributed by atoms with van der Waals surface area (Å²) >= 11 is 1.19. The Kier molecular flexibility index (Phi) is 6.70. The van der Waals surface area contributed by atoms with E-state index in [1.807, 2.05) is 12.1 Å². The van der Waals surface area contributed by atoms with Gasteiger partial charge in [0.25, 0.3) is 0 Å². The summed E-state index contributed by atoms with van der Waals surface area (Å²) in [4.78, 5) is 26.6. The monoisotopic (exact) mass is 486 g/mol. The van der Waals surface area contributed by atoms with E-state index in [2.05, 4.69) is 15.5 Å². The van der Waals surface area contributed by atoms with E-state index in [1.165, 1.54) is 23.5 Å². The molecule has 0 radical (unpaired) electrons. The van der Waals surface area contributed by atoms with Crippen molar-refractivity contribution in [3.63, 3.8) is 0 Å². The van der Waals surface area contributed by atoms with Crippen LogP contribution >= 0.6 is 11.3 Å². The molecule has 3 aromatic rings. The van der Waals surface area contributed by atoms with Crippen molar-refractivity contribution in [1.82, 2.24) is 10.2 Å². The smallest absolute Gasteiger partial charge is 0.227 e. The molecule has 0 spiro atoms. The molecule has 2 heterocycles. The second kappa shape index (κ2) is 9.67. The number of ether oxygens (including phenoxy) is 1. The highest BCUT2D eigenvalue weighted by atomic mass is 32.2. The summed E-state index contributed by atoms with van der Waals surface area (Å²) in [6, 6.07) is 15.3. The number of sulfone groups is 1. The van der Waals surface area contributed by atoms with Crippen LogP contribution in [-0.2, 0) is 19.4 Å². The molecule has 11 heteroatoms. The van der Waals surface area contributed by atoms with Crippen LogP contribution < -0.4 is 15.0 Å². The fourth-order valence-corrected chi connectivity index (χ4v) is 5.60. The fourth-order valence-electron chi connectivity index (χ4n) is 3.49. The Morgan fingerprint density at radius 3 is 2.58 bits per heavy atom. The summed E-state index contributed by atoms with van der Waals surface area (Å²) in [5, 5.41) is 11.7. The van der Waals surface area contributed by atoms with Gasteiger partial charge in [0.05, 0.1) is 17.8 Å². The predicted octanol–water partition coefficient (Wildman–Crippen LogP) is 2.87. The number of hydrogen-bond acceptors (Lipinski definition) is 8. The lowest BCUT2D eigenvalue weighted by molar-refractivity contribution is -0.117. The molecule has 172 valence electrons. The summed E-state index contributed by atoms with van der Waals surface area (Å²) in [6.07, 6.45) is 0.100. The molecule has 1 atom stereocenters. The molecule has 1 aliphatic heterocycles. The van der Waals surface area contributed by atoms with E-state index in [0.717, 1.165) is 5.69 Å². The van der Waals surface area contributed by atoms with Crippen molar-refractivity contribution in [2.45, 2.75) is 23.7 Å². The molecule has 0 saturated carbocycles. The molecule has 1 unspecified atom stereocenters. The van der Waals surface area contributed by atoms with E-state index in [-0.39, 0.29) is 34.0 Å². The fraction of sp³-hybridized carbons (Fsp3) is 0.273. The highest BCUT2D eigenvalue weighted by molar-refractivity contribution is 7.91. The molecule has 1 aliphatic rings. The lowest BCUT2D eigenvalue weighted by atomic mass is 10.1. The molecule has 9 nitrogen and oxygen atoms in total. The number of carbonyl (C=O) groups excluding carboxylic acids is 2. The number of rotatable bonds is 8. The second-order valence-electron chi connectivity index (χ2n) is 7.48. The lowest BCUT2D eigenvalue weighted by Crippen LogP contribution is -2.24. The molecule has 1 aromatic heterocycles. The summed E-state index contributed by atoms with van der Waals surface area (Å²) in [5.74, 6) is -0.205. The van der Waals surface area contributed by atoms with Crippen LogP contribution in [0.15, 0.2) is 59.5 Å². The third kappa shape index (κ3) is 5.37. The summed E-state index contributed by atoms with van der Waals surface area (Å²) in [5.41, 5.74) is 0.779. The highest BCUT2D eigenvalue weighted by Gasteiger charge is 2.34. The zero-order valence-electron chi connectivity index (χ0n) is 17.8. The van der Waals surface area contributed by atoms with Crippen LogP contribution in [0.2, 0.25) is 0 Å². The molecular weight excluding hydrogens is 464 g/mol. The highest BCUT2D eigenvalue weighted by Crippen LogP contribution is 2.34. The molecule has 4 rings (SSSR count). The molecule has 0 bridgehead atoms. The summed E-state index contributed by atoms with van der Waals surface area (Å²) in [7, 11) is -1.96. The van der Waals surface area contributed by atoms with Crippen LogP contribution in [0.4, 0.5) is 10.8 Å². The SMILES string of the molecule is COc1ccc(N2CC(c3nnc(NC(=O)CCS(=O)(=O)c4ccccc4)s3)CC2=O)cc1. The maximum absolute atomic E-state index is 12.5. The van der Waals surface area contributed by atoms with E-state index in [0.29, 0.717) is 23.7 Å². The Morgan fingerprint density at radius 1 is 1.15 bits per heavy atom. The first-order chi connectivity index (χ1) is 15.9. The van der Waals surface area contributed by atoms with Gasteiger partial charge in [-0.05, 0) is 36.4 Å². The normalized spacial score (nSPS) is 16.1. The quantitative estimate of drug-likeness (QED) is 0.520. The zero-order valence-corrected chi connectivity index (χ0v) is 19.4. The topological polar surface area (TPSA) is 119 Å². The Morgan fingerprint density at radius 2 is 1.88 bits per heavy atom. The Hall–Kier alpha value is -3.31. The van der Waals surface area contributed by atoms with Gasteiger partial charge in [0, 0.05) is 31.0 Å². The van der Waals surface area contributed by atoms with E-state index in [4.69, 9.17) is 4.74 Å². The van der Waals surface area contributed by atoms with E-state index in [1.54, 1.807) is 42.3 Å². The number of anilines is 2. The third-order valence-corrected chi connectivity index (χ3v) is 7.98.